The van der Waals surface area contributed by atoms with Gasteiger partial charge in [0.1, 0.15) is 6.04 Å². The van der Waals surface area contributed by atoms with Crippen molar-refractivity contribution in [1.82, 2.24) is 15.1 Å². The minimum Gasteiger partial charge on any atom is -0.479 e. The third-order valence-electron chi connectivity index (χ3n) is 6.67. The molecule has 2 aliphatic rings. The average Bonchev–Trinajstić information content (AvgIpc) is 3.21. The lowest BCUT2D eigenvalue weighted by atomic mass is 9.79. The van der Waals surface area contributed by atoms with E-state index in [1.54, 1.807) is 40.1 Å². The molecule has 8 heteroatoms. The summed E-state index contributed by atoms with van der Waals surface area (Å²) in [5, 5.41) is 12.4. The number of carbonyl (C=O) groups excluding carboxylic acids is 2. The highest BCUT2D eigenvalue weighted by Crippen LogP contribution is 2.45. The minimum absolute atomic E-state index is 0.183. The third-order valence-corrected chi connectivity index (χ3v) is 6.67. The van der Waals surface area contributed by atoms with E-state index in [1.165, 1.54) is 0 Å². The average molecular weight is 472 g/mol. The summed E-state index contributed by atoms with van der Waals surface area (Å²) in [6.45, 7) is 0.724. The van der Waals surface area contributed by atoms with Crippen LogP contribution in [0, 0.1) is 0 Å². The van der Waals surface area contributed by atoms with E-state index < -0.39 is 35.8 Å². The largest absolute Gasteiger partial charge is 0.479 e. The number of carboxylic acids is 1. The molecule has 35 heavy (non-hydrogen) atoms. The van der Waals surface area contributed by atoms with Crippen LogP contribution in [0.1, 0.15) is 22.7 Å². The molecule has 0 spiro atoms. The Balaban J connectivity index is 1.47. The lowest BCUT2D eigenvalue weighted by molar-refractivity contribution is -0.139. The van der Waals surface area contributed by atoms with Gasteiger partial charge in [0, 0.05) is 30.8 Å². The Labute approximate surface area is 202 Å². The first-order chi connectivity index (χ1) is 17.0. The van der Waals surface area contributed by atoms with Gasteiger partial charge in [0.15, 0.2) is 11.6 Å². The maximum absolute atomic E-state index is 13.2. The van der Waals surface area contributed by atoms with Crippen molar-refractivity contribution in [2.75, 3.05) is 19.6 Å². The van der Waals surface area contributed by atoms with Gasteiger partial charge in [0.25, 0.3) is 0 Å². The summed E-state index contributed by atoms with van der Waals surface area (Å²) in [5.74, 6) is -1.15. The second-order valence-electron chi connectivity index (χ2n) is 8.62. The second kappa shape index (κ2) is 9.13. The number of benzene rings is 3. The fourth-order valence-electron chi connectivity index (χ4n) is 4.99. The first-order valence-corrected chi connectivity index (χ1v) is 11.4. The molecule has 2 fully saturated rings. The van der Waals surface area contributed by atoms with Gasteiger partial charge >= 0.3 is 18.1 Å². The number of urea groups is 1. The molecule has 2 unspecified atom stereocenters. The van der Waals surface area contributed by atoms with Crippen LogP contribution in [0.25, 0.3) is 0 Å². The highest BCUT2D eigenvalue weighted by molar-refractivity contribution is 5.84. The standard InChI is InChI=1S/C27H25N3O5/c31-24(32)23(19-10-4-1-5-11-19)28-25(33)29-16-17-30-22(18-29)27(35-26(30)34,20-12-6-2-7-13-20)21-14-8-3-9-15-21/h1-15,22-23H,16-18H2,(H,28,33)(H,31,32). The van der Waals surface area contributed by atoms with Crippen molar-refractivity contribution in [1.29, 1.82) is 0 Å². The summed E-state index contributed by atoms with van der Waals surface area (Å²) >= 11 is 0. The number of fused-ring (bicyclic) bond motifs is 1. The molecule has 2 heterocycles. The van der Waals surface area contributed by atoms with Crippen molar-refractivity contribution in [3.05, 3.63) is 108 Å². The molecule has 5 rings (SSSR count). The molecule has 8 nitrogen and oxygen atoms in total. The number of hydrogen-bond acceptors (Lipinski definition) is 4. The summed E-state index contributed by atoms with van der Waals surface area (Å²) in [6, 6.07) is 25.4. The van der Waals surface area contributed by atoms with E-state index in [4.69, 9.17) is 4.74 Å². The van der Waals surface area contributed by atoms with Gasteiger partial charge in [0.05, 0.1) is 0 Å². The number of nitrogens with one attached hydrogen (secondary N) is 1. The summed E-state index contributed by atoms with van der Waals surface area (Å²) in [6.07, 6.45) is -0.435. The minimum atomic E-state index is -1.18. The highest BCUT2D eigenvalue weighted by atomic mass is 16.6. The number of nitrogens with zero attached hydrogens (tertiary/aromatic N) is 2. The van der Waals surface area contributed by atoms with Crippen molar-refractivity contribution in [3.8, 4) is 0 Å². The fraction of sp³-hybridized carbons (Fsp3) is 0.222. The van der Waals surface area contributed by atoms with Crippen LogP contribution < -0.4 is 5.32 Å². The summed E-state index contributed by atoms with van der Waals surface area (Å²) in [7, 11) is 0. The zero-order chi connectivity index (χ0) is 24.4. The maximum Gasteiger partial charge on any atom is 0.411 e. The molecule has 2 atom stereocenters. The highest BCUT2D eigenvalue weighted by Gasteiger charge is 2.58. The molecule has 0 aromatic heterocycles. The number of hydrogen-bond donors (Lipinski definition) is 2. The van der Waals surface area contributed by atoms with E-state index in [0.717, 1.165) is 11.1 Å². The Morgan fingerprint density at radius 3 is 1.97 bits per heavy atom. The van der Waals surface area contributed by atoms with Crippen LogP contribution in [0.3, 0.4) is 0 Å². The van der Waals surface area contributed by atoms with Gasteiger partial charge in [-0.3, -0.25) is 4.90 Å². The van der Waals surface area contributed by atoms with Crippen LogP contribution in [0.2, 0.25) is 0 Å². The molecule has 0 saturated carbocycles. The quantitative estimate of drug-likeness (QED) is 0.592. The molecule has 3 aromatic rings. The topological polar surface area (TPSA) is 99.2 Å². The van der Waals surface area contributed by atoms with Crippen molar-refractivity contribution < 1.29 is 24.2 Å². The SMILES string of the molecule is O=C(O)C(NC(=O)N1CCN2C(=O)OC(c3ccccc3)(c3ccccc3)C2C1)c1ccccc1. The van der Waals surface area contributed by atoms with Gasteiger partial charge in [-0.25, -0.2) is 14.4 Å². The number of piperazine rings is 1. The summed E-state index contributed by atoms with van der Waals surface area (Å²) in [4.78, 5) is 41.4. The van der Waals surface area contributed by atoms with E-state index in [9.17, 15) is 19.5 Å². The van der Waals surface area contributed by atoms with Crippen LogP contribution in [0.5, 0.6) is 0 Å². The number of cyclic esters (lactones) is 1. The lowest BCUT2D eigenvalue weighted by Gasteiger charge is -2.42. The Morgan fingerprint density at radius 1 is 0.886 bits per heavy atom. The predicted molar refractivity (Wildman–Crippen MR) is 128 cm³/mol. The molecule has 2 aliphatic heterocycles. The number of amides is 3. The van der Waals surface area contributed by atoms with E-state index in [-0.39, 0.29) is 19.6 Å². The van der Waals surface area contributed by atoms with E-state index >= 15 is 0 Å². The predicted octanol–water partition coefficient (Wildman–Crippen LogP) is 3.60. The molecule has 0 aliphatic carbocycles. The summed E-state index contributed by atoms with van der Waals surface area (Å²) in [5.41, 5.74) is 0.989. The van der Waals surface area contributed by atoms with Crippen LogP contribution in [0.15, 0.2) is 91.0 Å². The number of ether oxygens (including phenoxy) is 1. The Bertz CT molecular complexity index is 1180. The first kappa shape index (κ1) is 22.5. The lowest BCUT2D eigenvalue weighted by Crippen LogP contribution is -2.60. The number of aliphatic carboxylic acids is 1. The fourth-order valence-corrected chi connectivity index (χ4v) is 4.99. The van der Waals surface area contributed by atoms with Crippen LogP contribution in [-0.4, -0.2) is 58.7 Å². The molecule has 2 saturated heterocycles. The van der Waals surface area contributed by atoms with Gasteiger partial charge in [-0.1, -0.05) is 91.0 Å². The molecule has 0 bridgehead atoms. The molecular weight excluding hydrogens is 446 g/mol. The third kappa shape index (κ3) is 3.97. The monoisotopic (exact) mass is 471 g/mol. The second-order valence-corrected chi connectivity index (χ2v) is 8.62. The van der Waals surface area contributed by atoms with E-state index in [1.807, 2.05) is 60.7 Å². The summed E-state index contributed by atoms with van der Waals surface area (Å²) < 4.78 is 6.12. The number of rotatable bonds is 5. The van der Waals surface area contributed by atoms with Crippen molar-refractivity contribution in [2.45, 2.75) is 17.7 Å². The van der Waals surface area contributed by atoms with E-state index in [0.29, 0.717) is 5.56 Å². The van der Waals surface area contributed by atoms with Crippen molar-refractivity contribution in [2.24, 2.45) is 0 Å². The van der Waals surface area contributed by atoms with Gasteiger partial charge in [-0.15, -0.1) is 0 Å². The molecule has 178 valence electrons. The zero-order valence-electron chi connectivity index (χ0n) is 18.9. The van der Waals surface area contributed by atoms with Crippen LogP contribution in [-0.2, 0) is 15.1 Å². The number of carbonyl (C=O) groups is 3. The number of carboxylic acid groups (broad SMARTS) is 1. The van der Waals surface area contributed by atoms with Gasteiger partial charge in [0.2, 0.25) is 0 Å². The first-order valence-electron chi connectivity index (χ1n) is 11.4. The molecule has 3 aromatic carbocycles. The molecule has 3 amide bonds. The van der Waals surface area contributed by atoms with Gasteiger partial charge < -0.3 is 20.1 Å². The molecular formula is C27H25N3O5. The Hall–Kier alpha value is -4.33. The smallest absolute Gasteiger partial charge is 0.411 e. The van der Waals surface area contributed by atoms with E-state index in [2.05, 4.69) is 5.32 Å². The van der Waals surface area contributed by atoms with Gasteiger partial charge in [-0.2, -0.15) is 0 Å². The molecule has 0 radical (unpaired) electrons. The molecule has 2 N–H and O–H groups in total. The Kier molecular flexibility index (Phi) is 5.86. The van der Waals surface area contributed by atoms with Crippen molar-refractivity contribution >= 4 is 18.1 Å². The van der Waals surface area contributed by atoms with Crippen LogP contribution in [0.4, 0.5) is 9.59 Å². The maximum atomic E-state index is 13.2. The van der Waals surface area contributed by atoms with Crippen LogP contribution >= 0.6 is 0 Å². The van der Waals surface area contributed by atoms with Gasteiger partial charge in [-0.05, 0) is 5.56 Å². The van der Waals surface area contributed by atoms with Crippen molar-refractivity contribution in [3.63, 3.8) is 0 Å². The normalized spacial score (nSPS) is 19.4. The Morgan fingerprint density at radius 2 is 1.43 bits per heavy atom. The zero-order valence-corrected chi connectivity index (χ0v) is 18.9.